The SMILES string of the molecule is CCN(CC)S(=O)(=O)c1cc(C(=O)OCC(=O)c2cc(C)n(CCCOC)c2C)ccc1F. The van der Waals surface area contributed by atoms with Crippen molar-refractivity contribution in [3.05, 3.63) is 52.6 Å². The number of carbonyl (C=O) groups is 2. The molecule has 0 aliphatic heterocycles. The van der Waals surface area contributed by atoms with Gasteiger partial charge in [0.1, 0.15) is 10.7 Å². The van der Waals surface area contributed by atoms with E-state index < -0.39 is 33.3 Å². The summed E-state index contributed by atoms with van der Waals surface area (Å²) in [5, 5.41) is 0. The van der Waals surface area contributed by atoms with Crippen molar-refractivity contribution in [2.45, 2.75) is 45.6 Å². The van der Waals surface area contributed by atoms with Gasteiger partial charge in [-0.2, -0.15) is 4.31 Å². The van der Waals surface area contributed by atoms with E-state index in [0.717, 1.165) is 40.3 Å². The summed E-state index contributed by atoms with van der Waals surface area (Å²) >= 11 is 0. The van der Waals surface area contributed by atoms with Crippen LogP contribution in [-0.2, 0) is 26.0 Å². The minimum absolute atomic E-state index is 0.153. The monoisotopic (exact) mass is 482 g/mol. The van der Waals surface area contributed by atoms with Gasteiger partial charge in [0.2, 0.25) is 15.8 Å². The van der Waals surface area contributed by atoms with Gasteiger partial charge in [0.15, 0.2) is 6.61 Å². The van der Waals surface area contributed by atoms with Crippen LogP contribution in [0, 0.1) is 19.7 Å². The maximum Gasteiger partial charge on any atom is 0.338 e. The van der Waals surface area contributed by atoms with Crippen molar-refractivity contribution in [2.24, 2.45) is 0 Å². The van der Waals surface area contributed by atoms with Crippen molar-refractivity contribution in [1.82, 2.24) is 8.87 Å². The Kier molecular flexibility index (Phi) is 9.33. The molecule has 0 radical (unpaired) electrons. The third-order valence-corrected chi connectivity index (χ3v) is 7.49. The zero-order valence-electron chi connectivity index (χ0n) is 19.7. The fraction of sp³-hybridized carbons (Fsp3) is 0.478. The van der Waals surface area contributed by atoms with Crippen molar-refractivity contribution in [3.8, 4) is 0 Å². The first-order valence-corrected chi connectivity index (χ1v) is 12.2. The van der Waals surface area contributed by atoms with E-state index in [2.05, 4.69) is 0 Å². The van der Waals surface area contributed by atoms with Gasteiger partial charge in [-0.1, -0.05) is 13.8 Å². The quantitative estimate of drug-likeness (QED) is 0.262. The molecule has 0 aliphatic carbocycles. The number of ketones is 1. The van der Waals surface area contributed by atoms with Crippen molar-refractivity contribution in [1.29, 1.82) is 0 Å². The molecule has 0 saturated carbocycles. The largest absolute Gasteiger partial charge is 0.454 e. The second-order valence-electron chi connectivity index (χ2n) is 7.52. The van der Waals surface area contributed by atoms with E-state index in [9.17, 15) is 22.4 Å². The zero-order valence-corrected chi connectivity index (χ0v) is 20.5. The fourth-order valence-corrected chi connectivity index (χ4v) is 5.17. The Morgan fingerprint density at radius 2 is 1.79 bits per heavy atom. The number of methoxy groups -OCH3 is 1. The van der Waals surface area contributed by atoms with Crippen LogP contribution in [0.2, 0.25) is 0 Å². The third kappa shape index (κ3) is 6.07. The van der Waals surface area contributed by atoms with Gasteiger partial charge in [-0.3, -0.25) is 4.79 Å². The molecule has 0 fully saturated rings. The average molecular weight is 483 g/mol. The number of esters is 1. The Bertz CT molecular complexity index is 1110. The van der Waals surface area contributed by atoms with Crippen LogP contribution in [0.1, 0.15) is 52.4 Å². The summed E-state index contributed by atoms with van der Waals surface area (Å²) < 4.78 is 52.9. The number of sulfonamides is 1. The van der Waals surface area contributed by atoms with Gasteiger partial charge in [0.25, 0.3) is 0 Å². The van der Waals surface area contributed by atoms with Gasteiger partial charge in [-0.25, -0.2) is 17.6 Å². The lowest BCUT2D eigenvalue weighted by atomic mass is 10.1. The first-order chi connectivity index (χ1) is 15.6. The molecule has 1 heterocycles. The number of rotatable bonds is 12. The van der Waals surface area contributed by atoms with Crippen LogP contribution >= 0.6 is 0 Å². The van der Waals surface area contributed by atoms with Crippen LogP contribution in [0.3, 0.4) is 0 Å². The summed E-state index contributed by atoms with van der Waals surface area (Å²) in [5.74, 6) is -2.25. The minimum Gasteiger partial charge on any atom is -0.454 e. The van der Waals surface area contributed by atoms with E-state index in [1.165, 1.54) is 0 Å². The van der Waals surface area contributed by atoms with E-state index in [1.807, 2.05) is 18.4 Å². The molecular formula is C23H31FN2O6S. The fourth-order valence-electron chi connectivity index (χ4n) is 3.62. The third-order valence-electron chi connectivity index (χ3n) is 5.43. The molecule has 0 atom stereocenters. The normalized spacial score (nSPS) is 11.7. The smallest absolute Gasteiger partial charge is 0.338 e. The van der Waals surface area contributed by atoms with Gasteiger partial charge < -0.3 is 14.0 Å². The predicted molar refractivity (Wildman–Crippen MR) is 122 cm³/mol. The molecule has 182 valence electrons. The van der Waals surface area contributed by atoms with Gasteiger partial charge in [0.05, 0.1) is 5.56 Å². The predicted octanol–water partition coefficient (Wildman–Crippen LogP) is 3.35. The summed E-state index contributed by atoms with van der Waals surface area (Å²) in [7, 11) is -2.48. The lowest BCUT2D eigenvalue weighted by molar-refractivity contribution is 0.0474. The lowest BCUT2D eigenvalue weighted by Gasteiger charge is -2.19. The van der Waals surface area contributed by atoms with Crippen molar-refractivity contribution >= 4 is 21.8 Å². The molecule has 33 heavy (non-hydrogen) atoms. The molecule has 10 heteroatoms. The highest BCUT2D eigenvalue weighted by Crippen LogP contribution is 2.22. The number of halogens is 1. The highest BCUT2D eigenvalue weighted by Gasteiger charge is 2.27. The average Bonchev–Trinajstić information content (AvgIpc) is 3.06. The minimum atomic E-state index is -4.11. The number of nitrogens with zero attached hydrogens (tertiary/aromatic N) is 2. The Labute approximate surface area is 194 Å². The van der Waals surface area contributed by atoms with Gasteiger partial charge in [-0.05, 0) is 44.5 Å². The molecule has 2 aromatic rings. The molecule has 0 aliphatic rings. The van der Waals surface area contributed by atoms with Crippen LogP contribution in [0.15, 0.2) is 29.2 Å². The Balaban J connectivity index is 2.16. The zero-order chi connectivity index (χ0) is 24.8. The van der Waals surface area contributed by atoms with E-state index in [-0.39, 0.29) is 24.4 Å². The molecular weight excluding hydrogens is 451 g/mol. The van der Waals surface area contributed by atoms with E-state index in [4.69, 9.17) is 9.47 Å². The van der Waals surface area contributed by atoms with Gasteiger partial charge in [-0.15, -0.1) is 0 Å². The lowest BCUT2D eigenvalue weighted by Crippen LogP contribution is -2.31. The topological polar surface area (TPSA) is 94.9 Å². The summed E-state index contributed by atoms with van der Waals surface area (Å²) in [6.45, 7) is 8.07. The number of carbonyl (C=O) groups excluding carboxylic acids is 2. The maximum absolute atomic E-state index is 14.3. The van der Waals surface area contributed by atoms with Crippen molar-refractivity contribution < 1.29 is 31.9 Å². The number of aryl methyl sites for hydroxylation is 1. The van der Waals surface area contributed by atoms with Crippen molar-refractivity contribution in [2.75, 3.05) is 33.4 Å². The first-order valence-electron chi connectivity index (χ1n) is 10.7. The molecule has 2 rings (SSSR count). The molecule has 1 aromatic heterocycles. The molecule has 0 amide bonds. The standard InChI is InChI=1S/C23H31FN2O6S/c1-6-25(7-2)33(29,30)22-14-18(9-10-20(22)24)23(28)32-15-21(27)19-13-16(3)26(17(19)4)11-8-12-31-5/h9-10,13-14H,6-8,11-12,15H2,1-5H3. The second kappa shape index (κ2) is 11.5. The molecule has 0 spiro atoms. The molecule has 0 N–H and O–H groups in total. The van der Waals surface area contributed by atoms with E-state index >= 15 is 0 Å². The van der Waals surface area contributed by atoms with E-state index in [0.29, 0.717) is 18.7 Å². The number of benzene rings is 1. The molecule has 0 bridgehead atoms. The van der Waals surface area contributed by atoms with Crippen LogP contribution in [-0.4, -0.2) is 62.5 Å². The summed E-state index contributed by atoms with van der Waals surface area (Å²) in [5.41, 5.74) is 1.96. The summed E-state index contributed by atoms with van der Waals surface area (Å²) in [4.78, 5) is 24.5. The number of aromatic nitrogens is 1. The number of hydrogen-bond donors (Lipinski definition) is 0. The molecule has 0 unspecified atom stereocenters. The summed E-state index contributed by atoms with van der Waals surface area (Å²) in [6, 6.07) is 4.72. The Morgan fingerprint density at radius 1 is 1.12 bits per heavy atom. The van der Waals surface area contributed by atoms with Crippen LogP contribution < -0.4 is 0 Å². The van der Waals surface area contributed by atoms with Crippen LogP contribution in [0.25, 0.3) is 0 Å². The highest BCUT2D eigenvalue weighted by atomic mass is 32.2. The number of ether oxygens (including phenoxy) is 2. The molecule has 1 aromatic carbocycles. The maximum atomic E-state index is 14.3. The van der Waals surface area contributed by atoms with E-state index in [1.54, 1.807) is 27.0 Å². The number of Topliss-reactive ketones (excluding diaryl/α,β-unsaturated/α-hetero) is 1. The highest BCUT2D eigenvalue weighted by molar-refractivity contribution is 7.89. The Hall–Kier alpha value is -2.56. The van der Waals surface area contributed by atoms with Gasteiger partial charge >= 0.3 is 5.97 Å². The number of hydrogen-bond acceptors (Lipinski definition) is 6. The summed E-state index contributed by atoms with van der Waals surface area (Å²) in [6.07, 6.45) is 0.790. The Morgan fingerprint density at radius 3 is 2.39 bits per heavy atom. The first kappa shape index (κ1) is 26.7. The molecule has 0 saturated heterocycles. The molecule has 8 nitrogen and oxygen atoms in total. The van der Waals surface area contributed by atoms with Gasteiger partial charge in [0, 0.05) is 50.3 Å². The van der Waals surface area contributed by atoms with Crippen LogP contribution in [0.5, 0.6) is 0 Å². The second-order valence-corrected chi connectivity index (χ2v) is 9.42. The van der Waals surface area contributed by atoms with Crippen molar-refractivity contribution in [3.63, 3.8) is 0 Å². The van der Waals surface area contributed by atoms with Crippen LogP contribution in [0.4, 0.5) is 4.39 Å².